The molecule has 1 amide bonds. The van der Waals surface area contributed by atoms with Crippen LogP contribution in [0.15, 0.2) is 0 Å². The molecule has 0 aromatic carbocycles. The Morgan fingerprint density at radius 3 is 2.43 bits per heavy atom. The monoisotopic (exact) mass is 315 g/mol. The molecule has 1 N–H and O–H groups in total. The number of carboxylic acid groups (broad SMARTS) is 1. The first-order valence-corrected chi connectivity index (χ1v) is 9.46. The lowest BCUT2D eigenvalue weighted by molar-refractivity contribution is -0.151. The number of sulfone groups is 1. The quantitative estimate of drug-likeness (QED) is 0.808. The highest BCUT2D eigenvalue weighted by atomic mass is 32.2. The van der Waals surface area contributed by atoms with Gasteiger partial charge in [-0.05, 0) is 31.6 Å². The number of carbonyl (C=O) groups is 2. The van der Waals surface area contributed by atoms with Crippen LogP contribution in [0, 0.1) is 11.8 Å². The minimum absolute atomic E-state index is 0.00402. The van der Waals surface area contributed by atoms with Crippen LogP contribution in [-0.2, 0) is 19.4 Å². The third kappa shape index (κ3) is 2.67. The zero-order valence-corrected chi connectivity index (χ0v) is 12.7. The van der Waals surface area contributed by atoms with Crippen LogP contribution < -0.4 is 0 Å². The topological polar surface area (TPSA) is 91.8 Å². The lowest BCUT2D eigenvalue weighted by Gasteiger charge is -2.34. The SMILES string of the molecule is O=C(O)[C@@H]1C[C@@H]2CCCC[C@@H]2N1C(=O)[C@H]1CCS(=O)(=O)C1. The highest BCUT2D eigenvalue weighted by Crippen LogP contribution is 2.41. The normalized spacial score (nSPS) is 38.2. The summed E-state index contributed by atoms with van der Waals surface area (Å²) in [5.74, 6) is -1.56. The van der Waals surface area contributed by atoms with E-state index in [1.807, 2.05) is 0 Å². The molecule has 3 rings (SSSR count). The summed E-state index contributed by atoms with van der Waals surface area (Å²) in [6.45, 7) is 0. The van der Waals surface area contributed by atoms with Crippen molar-refractivity contribution in [2.45, 2.75) is 50.6 Å². The predicted octanol–water partition coefficient (Wildman–Crippen LogP) is 0.665. The Hall–Kier alpha value is -1.11. The van der Waals surface area contributed by atoms with Crippen molar-refractivity contribution in [1.82, 2.24) is 4.90 Å². The number of hydrogen-bond donors (Lipinski definition) is 1. The van der Waals surface area contributed by atoms with Crippen LogP contribution in [-0.4, -0.2) is 53.9 Å². The molecule has 2 heterocycles. The first kappa shape index (κ1) is 14.8. The zero-order valence-electron chi connectivity index (χ0n) is 11.9. The van der Waals surface area contributed by atoms with Crippen LogP contribution >= 0.6 is 0 Å². The lowest BCUT2D eigenvalue weighted by Crippen LogP contribution is -2.48. The van der Waals surface area contributed by atoms with E-state index in [2.05, 4.69) is 0 Å². The van der Waals surface area contributed by atoms with Gasteiger partial charge in [0.05, 0.1) is 17.4 Å². The number of aliphatic carboxylic acids is 1. The van der Waals surface area contributed by atoms with E-state index in [0.717, 1.165) is 25.7 Å². The Balaban J connectivity index is 1.83. The molecule has 0 spiro atoms. The summed E-state index contributed by atoms with van der Waals surface area (Å²) in [5.41, 5.74) is 0. The molecule has 7 heteroatoms. The van der Waals surface area contributed by atoms with Gasteiger partial charge in [-0.3, -0.25) is 4.79 Å². The molecular weight excluding hydrogens is 294 g/mol. The van der Waals surface area contributed by atoms with Gasteiger partial charge in [0.25, 0.3) is 0 Å². The van der Waals surface area contributed by atoms with E-state index in [0.29, 0.717) is 12.8 Å². The highest BCUT2D eigenvalue weighted by Gasteiger charge is 2.50. The fourth-order valence-electron chi connectivity index (χ4n) is 4.20. The van der Waals surface area contributed by atoms with Crippen LogP contribution in [0.25, 0.3) is 0 Å². The second-order valence-corrected chi connectivity index (χ2v) is 8.78. The Morgan fingerprint density at radius 1 is 1.10 bits per heavy atom. The third-order valence-corrected chi connectivity index (χ3v) is 6.98. The van der Waals surface area contributed by atoms with Crippen LogP contribution in [0.2, 0.25) is 0 Å². The van der Waals surface area contributed by atoms with Crippen LogP contribution in [0.1, 0.15) is 38.5 Å². The minimum atomic E-state index is -3.13. The molecule has 4 atom stereocenters. The van der Waals surface area contributed by atoms with E-state index in [9.17, 15) is 23.1 Å². The van der Waals surface area contributed by atoms with Crippen molar-refractivity contribution in [3.63, 3.8) is 0 Å². The molecule has 3 aliphatic rings. The number of fused-ring (bicyclic) bond motifs is 1. The number of likely N-dealkylation sites (tertiary alicyclic amines) is 1. The Morgan fingerprint density at radius 2 is 1.81 bits per heavy atom. The Bertz CT molecular complexity index is 558. The van der Waals surface area contributed by atoms with Gasteiger partial charge in [-0.2, -0.15) is 0 Å². The van der Waals surface area contributed by atoms with Crippen LogP contribution in [0.3, 0.4) is 0 Å². The lowest BCUT2D eigenvalue weighted by atomic mass is 9.84. The summed E-state index contributed by atoms with van der Waals surface area (Å²) in [6, 6.07) is -0.774. The van der Waals surface area contributed by atoms with Gasteiger partial charge in [0.2, 0.25) is 5.91 Å². The van der Waals surface area contributed by atoms with Crippen molar-refractivity contribution in [2.75, 3.05) is 11.5 Å². The number of rotatable bonds is 2. The molecule has 2 saturated heterocycles. The van der Waals surface area contributed by atoms with Gasteiger partial charge < -0.3 is 10.0 Å². The molecule has 0 radical (unpaired) electrons. The molecule has 6 nitrogen and oxygen atoms in total. The molecule has 0 unspecified atom stereocenters. The van der Waals surface area contributed by atoms with Crippen molar-refractivity contribution < 1.29 is 23.1 Å². The van der Waals surface area contributed by atoms with Gasteiger partial charge in [-0.1, -0.05) is 12.8 Å². The fourth-order valence-corrected chi connectivity index (χ4v) is 5.93. The fraction of sp³-hybridized carbons (Fsp3) is 0.857. The molecule has 21 heavy (non-hydrogen) atoms. The van der Waals surface area contributed by atoms with Gasteiger partial charge in [0.1, 0.15) is 6.04 Å². The van der Waals surface area contributed by atoms with Crippen LogP contribution in [0.4, 0.5) is 0 Å². The van der Waals surface area contributed by atoms with Crippen molar-refractivity contribution in [1.29, 1.82) is 0 Å². The van der Waals surface area contributed by atoms with Gasteiger partial charge in [0, 0.05) is 6.04 Å². The van der Waals surface area contributed by atoms with Crippen molar-refractivity contribution in [2.24, 2.45) is 11.8 Å². The minimum Gasteiger partial charge on any atom is -0.480 e. The summed E-state index contributed by atoms with van der Waals surface area (Å²) in [6.07, 6.45) is 4.78. The van der Waals surface area contributed by atoms with Gasteiger partial charge >= 0.3 is 5.97 Å². The van der Waals surface area contributed by atoms with E-state index in [1.165, 1.54) is 4.90 Å². The molecule has 0 aromatic heterocycles. The summed E-state index contributed by atoms with van der Waals surface area (Å²) in [4.78, 5) is 25.7. The zero-order chi connectivity index (χ0) is 15.2. The molecule has 1 saturated carbocycles. The number of hydrogen-bond acceptors (Lipinski definition) is 4. The largest absolute Gasteiger partial charge is 0.480 e. The molecule has 0 aromatic rings. The molecule has 1 aliphatic carbocycles. The van der Waals surface area contributed by atoms with Gasteiger partial charge in [-0.25, -0.2) is 13.2 Å². The third-order valence-electron chi connectivity index (χ3n) is 5.21. The summed E-state index contributed by atoms with van der Waals surface area (Å²) in [5, 5.41) is 9.41. The molecule has 2 aliphatic heterocycles. The molecule has 3 fully saturated rings. The van der Waals surface area contributed by atoms with E-state index < -0.39 is 27.8 Å². The Kier molecular flexibility index (Phi) is 3.71. The molecule has 118 valence electrons. The Labute approximate surface area is 124 Å². The van der Waals surface area contributed by atoms with E-state index in [4.69, 9.17) is 0 Å². The molecular formula is C14H21NO5S. The summed E-state index contributed by atoms with van der Waals surface area (Å²) < 4.78 is 23.1. The first-order chi connectivity index (χ1) is 9.89. The van der Waals surface area contributed by atoms with Crippen molar-refractivity contribution >= 4 is 21.7 Å². The summed E-state index contributed by atoms with van der Waals surface area (Å²) in [7, 11) is -3.13. The number of carbonyl (C=O) groups excluding carboxylic acids is 1. The smallest absolute Gasteiger partial charge is 0.326 e. The van der Waals surface area contributed by atoms with E-state index in [1.54, 1.807) is 0 Å². The van der Waals surface area contributed by atoms with Crippen LogP contribution in [0.5, 0.6) is 0 Å². The number of amides is 1. The standard InChI is InChI=1S/C14H21NO5S/c16-13(10-5-6-21(19,20)8-10)15-11-4-2-1-3-9(11)7-12(15)14(17)18/h9-12H,1-8H2,(H,17,18)/t9-,10-,11-,12-/m0/s1. The summed E-state index contributed by atoms with van der Waals surface area (Å²) >= 11 is 0. The van der Waals surface area contributed by atoms with E-state index >= 15 is 0 Å². The maximum absolute atomic E-state index is 12.7. The maximum atomic E-state index is 12.7. The van der Waals surface area contributed by atoms with E-state index in [-0.39, 0.29) is 29.4 Å². The average Bonchev–Trinajstić information content (AvgIpc) is 2.98. The first-order valence-electron chi connectivity index (χ1n) is 7.64. The average molecular weight is 315 g/mol. The predicted molar refractivity (Wildman–Crippen MR) is 75.4 cm³/mol. The van der Waals surface area contributed by atoms with Gasteiger partial charge in [-0.15, -0.1) is 0 Å². The van der Waals surface area contributed by atoms with Crippen molar-refractivity contribution in [3.8, 4) is 0 Å². The maximum Gasteiger partial charge on any atom is 0.326 e. The van der Waals surface area contributed by atoms with Gasteiger partial charge in [0.15, 0.2) is 9.84 Å². The van der Waals surface area contributed by atoms with Crippen molar-refractivity contribution in [3.05, 3.63) is 0 Å². The molecule has 0 bridgehead atoms. The number of nitrogens with zero attached hydrogens (tertiary/aromatic N) is 1. The second-order valence-electron chi connectivity index (χ2n) is 6.55. The highest BCUT2D eigenvalue weighted by molar-refractivity contribution is 7.91. The number of carboxylic acids is 1. The second kappa shape index (κ2) is 5.26.